The Labute approximate surface area is 155 Å². The first-order chi connectivity index (χ1) is 11.4. The molecule has 2 saturated carbocycles. The number of amides is 1. The Bertz CT molecular complexity index is 690. The maximum atomic E-state index is 12.2. The second kappa shape index (κ2) is 8.49. The van der Waals surface area contributed by atoms with Crippen molar-refractivity contribution in [3.05, 3.63) is 24.3 Å². The lowest BCUT2D eigenvalue weighted by molar-refractivity contribution is -0.117. The second-order valence-electron chi connectivity index (χ2n) is 6.93. The number of benzene rings is 1. The van der Waals surface area contributed by atoms with E-state index in [4.69, 9.17) is 5.73 Å². The average Bonchev–Trinajstić information content (AvgIpc) is 3.29. The van der Waals surface area contributed by atoms with Gasteiger partial charge in [0.25, 0.3) is 0 Å². The van der Waals surface area contributed by atoms with E-state index in [-0.39, 0.29) is 35.2 Å². The van der Waals surface area contributed by atoms with Crippen LogP contribution in [0, 0.1) is 11.8 Å². The molecule has 0 saturated heterocycles. The van der Waals surface area contributed by atoms with Crippen LogP contribution in [0.3, 0.4) is 0 Å². The Balaban J connectivity index is 0.00000225. The molecule has 0 unspecified atom stereocenters. The van der Waals surface area contributed by atoms with Gasteiger partial charge in [-0.2, -0.15) is 0 Å². The normalized spacial score (nSPS) is 23.1. The lowest BCUT2D eigenvalue weighted by atomic mass is 10.00. The molecule has 0 radical (unpaired) electrons. The fourth-order valence-electron chi connectivity index (χ4n) is 3.12. The molecule has 3 rings (SSSR count). The summed E-state index contributed by atoms with van der Waals surface area (Å²) in [5, 5.41) is 2.82. The molecule has 1 aromatic rings. The summed E-state index contributed by atoms with van der Waals surface area (Å²) < 4.78 is 26.9. The number of anilines is 1. The summed E-state index contributed by atoms with van der Waals surface area (Å²) in [6, 6.07) is 6.40. The number of sulfonamides is 1. The van der Waals surface area contributed by atoms with Gasteiger partial charge >= 0.3 is 0 Å². The van der Waals surface area contributed by atoms with E-state index in [9.17, 15) is 13.2 Å². The van der Waals surface area contributed by atoms with Gasteiger partial charge in [0.1, 0.15) is 0 Å². The predicted molar refractivity (Wildman–Crippen MR) is 100 cm³/mol. The Morgan fingerprint density at radius 1 is 1.12 bits per heavy atom. The quantitative estimate of drug-likeness (QED) is 0.667. The largest absolute Gasteiger partial charge is 0.327 e. The summed E-state index contributed by atoms with van der Waals surface area (Å²) in [4.78, 5) is 12.3. The van der Waals surface area contributed by atoms with Gasteiger partial charge in [-0.1, -0.05) is 6.42 Å². The van der Waals surface area contributed by atoms with E-state index in [1.54, 1.807) is 12.1 Å². The minimum atomic E-state index is -3.47. The van der Waals surface area contributed by atoms with E-state index in [0.29, 0.717) is 24.6 Å². The van der Waals surface area contributed by atoms with Gasteiger partial charge in [0, 0.05) is 24.7 Å². The van der Waals surface area contributed by atoms with Crippen LogP contribution in [-0.2, 0) is 14.8 Å². The highest BCUT2D eigenvalue weighted by Gasteiger charge is 2.26. The van der Waals surface area contributed by atoms with Crippen molar-refractivity contribution in [2.45, 2.75) is 49.5 Å². The number of hydrogen-bond donors (Lipinski definition) is 3. The first kappa shape index (κ1) is 20.2. The number of carbonyl (C=O) groups is 1. The Morgan fingerprint density at radius 3 is 2.36 bits per heavy atom. The summed E-state index contributed by atoms with van der Waals surface area (Å²) in [6.07, 6.45) is 5.68. The van der Waals surface area contributed by atoms with Crippen molar-refractivity contribution < 1.29 is 13.2 Å². The van der Waals surface area contributed by atoms with Gasteiger partial charge in [0.15, 0.2) is 0 Å². The topological polar surface area (TPSA) is 101 Å². The van der Waals surface area contributed by atoms with Gasteiger partial charge in [0.2, 0.25) is 15.9 Å². The van der Waals surface area contributed by atoms with Gasteiger partial charge in [-0.3, -0.25) is 4.79 Å². The zero-order chi connectivity index (χ0) is 17.2. The number of carbonyl (C=O) groups excluding carboxylic acids is 1. The summed E-state index contributed by atoms with van der Waals surface area (Å²) in [5.41, 5.74) is 6.59. The number of hydrogen-bond acceptors (Lipinski definition) is 4. The number of rotatable bonds is 7. The van der Waals surface area contributed by atoms with Crippen molar-refractivity contribution in [2.24, 2.45) is 17.6 Å². The molecule has 2 aliphatic rings. The third-order valence-electron chi connectivity index (χ3n) is 4.87. The van der Waals surface area contributed by atoms with Gasteiger partial charge in [-0.25, -0.2) is 13.1 Å². The molecule has 1 aromatic carbocycles. The molecule has 0 aromatic heterocycles. The van der Waals surface area contributed by atoms with Crippen LogP contribution >= 0.6 is 12.4 Å². The molecule has 0 spiro atoms. The first-order valence-corrected chi connectivity index (χ1v) is 10.1. The SMILES string of the molecule is Cl.N[C@@H]1CCC[C@H]1CC(=O)Nc1ccc(S(=O)(=O)NCC2CC2)cc1. The molecule has 140 valence electrons. The molecule has 0 bridgehead atoms. The minimum Gasteiger partial charge on any atom is -0.327 e. The molecule has 2 atom stereocenters. The maximum absolute atomic E-state index is 12.2. The zero-order valence-electron chi connectivity index (χ0n) is 14.1. The minimum absolute atomic E-state index is 0. The molecule has 0 aliphatic heterocycles. The van der Waals surface area contributed by atoms with Crippen LogP contribution in [0.1, 0.15) is 38.5 Å². The van der Waals surface area contributed by atoms with E-state index in [1.165, 1.54) is 12.1 Å². The second-order valence-corrected chi connectivity index (χ2v) is 8.69. The van der Waals surface area contributed by atoms with Crippen molar-refractivity contribution in [1.82, 2.24) is 4.72 Å². The van der Waals surface area contributed by atoms with E-state index in [1.807, 2.05) is 0 Å². The van der Waals surface area contributed by atoms with Crippen molar-refractivity contribution in [3.8, 4) is 0 Å². The molecule has 8 heteroatoms. The fraction of sp³-hybridized carbons (Fsp3) is 0.588. The number of halogens is 1. The van der Waals surface area contributed by atoms with E-state index >= 15 is 0 Å². The molecule has 6 nitrogen and oxygen atoms in total. The zero-order valence-corrected chi connectivity index (χ0v) is 15.7. The van der Waals surface area contributed by atoms with E-state index in [0.717, 1.165) is 32.1 Å². The van der Waals surface area contributed by atoms with E-state index < -0.39 is 10.0 Å². The van der Waals surface area contributed by atoms with Gasteiger partial charge < -0.3 is 11.1 Å². The monoisotopic (exact) mass is 387 g/mol. The highest BCUT2D eigenvalue weighted by molar-refractivity contribution is 7.89. The van der Waals surface area contributed by atoms with Crippen LogP contribution in [0.25, 0.3) is 0 Å². The molecule has 25 heavy (non-hydrogen) atoms. The van der Waals surface area contributed by atoms with Crippen molar-refractivity contribution in [1.29, 1.82) is 0 Å². The van der Waals surface area contributed by atoms with Crippen molar-refractivity contribution in [3.63, 3.8) is 0 Å². The molecule has 1 amide bonds. The first-order valence-electron chi connectivity index (χ1n) is 8.59. The van der Waals surface area contributed by atoms with Gasteiger partial charge in [-0.15, -0.1) is 12.4 Å². The number of nitrogens with two attached hydrogens (primary N) is 1. The Morgan fingerprint density at radius 2 is 1.80 bits per heavy atom. The van der Waals surface area contributed by atoms with Crippen LogP contribution in [0.15, 0.2) is 29.2 Å². The molecule has 4 N–H and O–H groups in total. The van der Waals surface area contributed by atoms with Crippen LogP contribution in [-0.4, -0.2) is 26.9 Å². The summed E-state index contributed by atoms with van der Waals surface area (Å²) in [7, 11) is -3.47. The molecular weight excluding hydrogens is 362 g/mol. The summed E-state index contributed by atoms with van der Waals surface area (Å²) in [6.45, 7) is 0.502. The third kappa shape index (κ3) is 5.67. The fourth-order valence-corrected chi connectivity index (χ4v) is 4.24. The average molecular weight is 388 g/mol. The van der Waals surface area contributed by atoms with Crippen LogP contribution in [0.4, 0.5) is 5.69 Å². The molecule has 0 heterocycles. The third-order valence-corrected chi connectivity index (χ3v) is 6.31. The van der Waals surface area contributed by atoms with Gasteiger partial charge in [0.05, 0.1) is 4.90 Å². The lowest BCUT2D eigenvalue weighted by Gasteiger charge is -2.15. The predicted octanol–water partition coefficient (Wildman–Crippen LogP) is 2.25. The Kier molecular flexibility index (Phi) is 6.85. The molecule has 2 aliphatic carbocycles. The van der Waals surface area contributed by atoms with Crippen molar-refractivity contribution >= 4 is 34.0 Å². The lowest BCUT2D eigenvalue weighted by Crippen LogP contribution is -2.28. The van der Waals surface area contributed by atoms with Gasteiger partial charge in [-0.05, 0) is 61.8 Å². The van der Waals surface area contributed by atoms with E-state index in [2.05, 4.69) is 10.0 Å². The molecular formula is C17H26ClN3O3S. The smallest absolute Gasteiger partial charge is 0.240 e. The number of nitrogens with one attached hydrogen (secondary N) is 2. The highest BCUT2D eigenvalue weighted by Crippen LogP contribution is 2.28. The van der Waals surface area contributed by atoms with Crippen LogP contribution in [0.2, 0.25) is 0 Å². The summed E-state index contributed by atoms with van der Waals surface area (Å²) >= 11 is 0. The Hall–Kier alpha value is -1.15. The highest BCUT2D eigenvalue weighted by atomic mass is 35.5. The maximum Gasteiger partial charge on any atom is 0.240 e. The van der Waals surface area contributed by atoms with Crippen molar-refractivity contribution in [2.75, 3.05) is 11.9 Å². The standard InChI is InChI=1S/C17H25N3O3S.ClH/c18-16-3-1-2-13(16)10-17(21)20-14-6-8-15(9-7-14)24(22,23)19-11-12-4-5-12;/h6-9,12-13,16,19H,1-5,10-11,18H2,(H,20,21);1H/t13-,16+;/m0./s1. The molecule has 2 fully saturated rings. The summed E-state index contributed by atoms with van der Waals surface area (Å²) in [5.74, 6) is 0.663. The van der Waals surface area contributed by atoms with Crippen LogP contribution < -0.4 is 15.8 Å². The van der Waals surface area contributed by atoms with Crippen LogP contribution in [0.5, 0.6) is 0 Å².